The molecule has 4 nitrogen and oxygen atoms in total. The van der Waals surface area contributed by atoms with Crippen LogP contribution in [-0.4, -0.2) is 32.2 Å². The van der Waals surface area contributed by atoms with Gasteiger partial charge in [0.25, 0.3) is 0 Å². The second-order valence-corrected chi connectivity index (χ2v) is 5.47. The van der Waals surface area contributed by atoms with Gasteiger partial charge in [0.15, 0.2) is 0 Å². The van der Waals surface area contributed by atoms with Crippen LogP contribution in [0.25, 0.3) is 0 Å². The third-order valence-electron chi connectivity index (χ3n) is 2.88. The van der Waals surface area contributed by atoms with Gasteiger partial charge in [0.2, 0.25) is 0 Å². The zero-order valence-electron chi connectivity index (χ0n) is 9.72. The van der Waals surface area contributed by atoms with Gasteiger partial charge in [-0.25, -0.2) is 0 Å². The lowest BCUT2D eigenvalue weighted by molar-refractivity contribution is 0.250. The van der Waals surface area contributed by atoms with E-state index in [0.29, 0.717) is 5.92 Å². The standard InChI is InChI=1S/C11H19N3OS/c1-9(6-15)7-16-8-11-13-12-10-4-2-3-5-14(10)11/h9,15H,2-8H2,1H3. The molecule has 0 saturated carbocycles. The van der Waals surface area contributed by atoms with E-state index in [1.54, 1.807) is 0 Å². The van der Waals surface area contributed by atoms with Crippen molar-refractivity contribution in [1.29, 1.82) is 0 Å². The highest BCUT2D eigenvalue weighted by Crippen LogP contribution is 2.19. The van der Waals surface area contributed by atoms with E-state index in [2.05, 4.69) is 21.7 Å². The predicted octanol–water partition coefficient (Wildman–Crippen LogP) is 1.48. The lowest BCUT2D eigenvalue weighted by atomic mass is 10.2. The maximum Gasteiger partial charge on any atom is 0.143 e. The highest BCUT2D eigenvalue weighted by molar-refractivity contribution is 7.98. The van der Waals surface area contributed by atoms with E-state index < -0.39 is 0 Å². The van der Waals surface area contributed by atoms with E-state index in [1.165, 1.54) is 12.8 Å². The van der Waals surface area contributed by atoms with E-state index in [4.69, 9.17) is 5.11 Å². The highest BCUT2D eigenvalue weighted by atomic mass is 32.2. The van der Waals surface area contributed by atoms with Gasteiger partial charge in [0.1, 0.15) is 11.6 Å². The van der Waals surface area contributed by atoms with Gasteiger partial charge in [-0.2, -0.15) is 11.8 Å². The molecule has 0 bridgehead atoms. The van der Waals surface area contributed by atoms with Crippen molar-refractivity contribution in [1.82, 2.24) is 14.8 Å². The molecule has 0 aliphatic carbocycles. The number of nitrogens with zero attached hydrogens (tertiary/aromatic N) is 3. The molecule has 2 heterocycles. The average molecular weight is 241 g/mol. The lowest BCUT2D eigenvalue weighted by Crippen LogP contribution is -2.13. The first-order chi connectivity index (χ1) is 7.81. The third kappa shape index (κ3) is 2.77. The Hall–Kier alpha value is -0.550. The summed E-state index contributed by atoms with van der Waals surface area (Å²) in [5.74, 6) is 4.52. The van der Waals surface area contributed by atoms with Gasteiger partial charge in [0, 0.05) is 19.6 Å². The van der Waals surface area contributed by atoms with Gasteiger partial charge in [-0.15, -0.1) is 10.2 Å². The molecule has 90 valence electrons. The van der Waals surface area contributed by atoms with Crippen LogP contribution in [0.15, 0.2) is 0 Å². The van der Waals surface area contributed by atoms with Gasteiger partial charge >= 0.3 is 0 Å². The monoisotopic (exact) mass is 241 g/mol. The summed E-state index contributed by atoms with van der Waals surface area (Å²) in [6, 6.07) is 0. The molecule has 0 aromatic carbocycles. The molecule has 0 amide bonds. The maximum absolute atomic E-state index is 8.94. The molecule has 1 unspecified atom stereocenters. The minimum atomic E-state index is 0.269. The summed E-state index contributed by atoms with van der Waals surface area (Å²) in [7, 11) is 0. The first-order valence-electron chi connectivity index (χ1n) is 5.91. The quantitative estimate of drug-likeness (QED) is 0.848. The third-order valence-corrected chi connectivity index (χ3v) is 4.15. The molecule has 5 heteroatoms. The molecule has 0 spiro atoms. The zero-order chi connectivity index (χ0) is 11.4. The summed E-state index contributed by atoms with van der Waals surface area (Å²) in [4.78, 5) is 0. The molecule has 1 aromatic heterocycles. The fourth-order valence-corrected chi connectivity index (χ4v) is 2.90. The highest BCUT2D eigenvalue weighted by Gasteiger charge is 2.15. The van der Waals surface area contributed by atoms with Crippen molar-refractivity contribution in [3.8, 4) is 0 Å². The van der Waals surface area contributed by atoms with Crippen LogP contribution in [0, 0.1) is 5.92 Å². The second kappa shape index (κ2) is 5.68. The van der Waals surface area contributed by atoms with E-state index >= 15 is 0 Å². The van der Waals surface area contributed by atoms with Crippen LogP contribution in [0.2, 0.25) is 0 Å². The number of aryl methyl sites for hydroxylation is 1. The Labute approximate surface area is 100 Å². The van der Waals surface area contributed by atoms with Crippen molar-refractivity contribution >= 4 is 11.8 Å². The van der Waals surface area contributed by atoms with Gasteiger partial charge in [-0.3, -0.25) is 0 Å². The maximum atomic E-state index is 8.94. The molecule has 1 aliphatic rings. The van der Waals surface area contributed by atoms with Crippen molar-refractivity contribution in [2.45, 2.75) is 38.5 Å². The molecule has 0 fully saturated rings. The van der Waals surface area contributed by atoms with E-state index in [0.717, 1.165) is 36.1 Å². The van der Waals surface area contributed by atoms with E-state index in [1.807, 2.05) is 11.8 Å². The second-order valence-electron chi connectivity index (χ2n) is 4.44. The van der Waals surface area contributed by atoms with E-state index in [9.17, 15) is 0 Å². The van der Waals surface area contributed by atoms with Crippen molar-refractivity contribution in [3.05, 3.63) is 11.6 Å². The van der Waals surface area contributed by atoms with Gasteiger partial charge < -0.3 is 9.67 Å². The first kappa shape index (κ1) is 11.9. The fraction of sp³-hybridized carbons (Fsp3) is 0.818. The smallest absolute Gasteiger partial charge is 0.143 e. The number of aliphatic hydroxyl groups is 1. The normalized spacial score (nSPS) is 17.1. The number of hydrogen-bond donors (Lipinski definition) is 1. The van der Waals surface area contributed by atoms with Gasteiger partial charge in [0.05, 0.1) is 5.75 Å². The molecule has 0 saturated heterocycles. The summed E-state index contributed by atoms with van der Waals surface area (Å²) in [5, 5.41) is 17.4. The van der Waals surface area contributed by atoms with Crippen LogP contribution in [0.4, 0.5) is 0 Å². The Morgan fingerprint density at radius 3 is 3.12 bits per heavy atom. The number of thioether (sulfide) groups is 1. The number of fused-ring (bicyclic) bond motifs is 1. The lowest BCUT2D eigenvalue weighted by Gasteiger charge is -2.14. The van der Waals surface area contributed by atoms with Crippen LogP contribution in [0.3, 0.4) is 0 Å². The Balaban J connectivity index is 1.87. The van der Waals surface area contributed by atoms with Crippen molar-refractivity contribution < 1.29 is 5.11 Å². The average Bonchev–Trinajstić information content (AvgIpc) is 2.73. The van der Waals surface area contributed by atoms with Crippen molar-refractivity contribution in [2.24, 2.45) is 5.92 Å². The topological polar surface area (TPSA) is 50.9 Å². The van der Waals surface area contributed by atoms with Crippen LogP contribution in [-0.2, 0) is 18.7 Å². The van der Waals surface area contributed by atoms with Crippen LogP contribution in [0.1, 0.15) is 31.4 Å². The van der Waals surface area contributed by atoms with Crippen molar-refractivity contribution in [2.75, 3.05) is 12.4 Å². The molecule has 1 atom stereocenters. The van der Waals surface area contributed by atoms with Gasteiger partial charge in [-0.05, 0) is 24.5 Å². The predicted molar refractivity (Wildman–Crippen MR) is 65.4 cm³/mol. The molecule has 0 radical (unpaired) electrons. The van der Waals surface area contributed by atoms with Crippen LogP contribution < -0.4 is 0 Å². The molecule has 1 N–H and O–H groups in total. The number of hydrogen-bond acceptors (Lipinski definition) is 4. The summed E-state index contributed by atoms with van der Waals surface area (Å²) in [6.45, 7) is 3.41. The molecular weight excluding hydrogens is 222 g/mol. The Morgan fingerprint density at radius 2 is 2.31 bits per heavy atom. The van der Waals surface area contributed by atoms with Gasteiger partial charge in [-0.1, -0.05) is 6.92 Å². The Kier molecular flexibility index (Phi) is 4.23. The van der Waals surface area contributed by atoms with Crippen LogP contribution in [0.5, 0.6) is 0 Å². The molecule has 2 rings (SSSR count). The Bertz CT molecular complexity index is 340. The van der Waals surface area contributed by atoms with Crippen LogP contribution >= 0.6 is 11.8 Å². The number of rotatable bonds is 5. The minimum absolute atomic E-state index is 0.269. The number of aromatic nitrogens is 3. The summed E-state index contributed by atoms with van der Waals surface area (Å²) in [6.07, 6.45) is 3.56. The summed E-state index contributed by atoms with van der Waals surface area (Å²) >= 11 is 1.83. The largest absolute Gasteiger partial charge is 0.396 e. The number of aliphatic hydroxyl groups excluding tert-OH is 1. The SMILES string of the molecule is CC(CO)CSCc1nnc2n1CCCC2. The van der Waals surface area contributed by atoms with Crippen molar-refractivity contribution in [3.63, 3.8) is 0 Å². The van der Waals surface area contributed by atoms with E-state index in [-0.39, 0.29) is 6.61 Å². The molecule has 1 aromatic rings. The zero-order valence-corrected chi connectivity index (χ0v) is 10.5. The molecular formula is C11H19N3OS. The summed E-state index contributed by atoms with van der Waals surface area (Å²) < 4.78 is 2.26. The molecule has 1 aliphatic heterocycles. The Morgan fingerprint density at radius 1 is 1.44 bits per heavy atom. The first-order valence-corrected chi connectivity index (χ1v) is 7.06. The summed E-state index contributed by atoms with van der Waals surface area (Å²) in [5.41, 5.74) is 0. The molecule has 16 heavy (non-hydrogen) atoms. The minimum Gasteiger partial charge on any atom is -0.396 e. The fourth-order valence-electron chi connectivity index (χ4n) is 1.88.